The van der Waals surface area contributed by atoms with Crippen molar-refractivity contribution in [1.82, 2.24) is 10.2 Å². The van der Waals surface area contributed by atoms with Gasteiger partial charge in [0, 0.05) is 22.0 Å². The highest BCUT2D eigenvalue weighted by Crippen LogP contribution is 2.26. The topological polar surface area (TPSA) is 44.4 Å². The molecule has 0 bridgehead atoms. The summed E-state index contributed by atoms with van der Waals surface area (Å²) in [5, 5.41) is 6.27. The Morgan fingerprint density at radius 2 is 2.16 bits per heavy atom. The Kier molecular flexibility index (Phi) is 5.81. The summed E-state index contributed by atoms with van der Waals surface area (Å²) in [5.74, 6) is 0.0323. The fourth-order valence-electron chi connectivity index (χ4n) is 2.04. The van der Waals surface area contributed by atoms with E-state index in [1.807, 2.05) is 18.2 Å². The highest BCUT2D eigenvalue weighted by molar-refractivity contribution is 9.11. The molecule has 1 heterocycles. The van der Waals surface area contributed by atoms with Crippen LogP contribution in [0.15, 0.2) is 27.1 Å². The number of rotatable bonds is 3. The molecule has 0 unspecified atom stereocenters. The summed E-state index contributed by atoms with van der Waals surface area (Å²) in [5.41, 5.74) is 0.807. The molecule has 1 aromatic carbocycles. The molecular formula is C13H17Br2N3O. The van der Waals surface area contributed by atoms with Crippen LogP contribution in [-0.2, 0) is 4.79 Å². The first-order valence-electron chi connectivity index (χ1n) is 6.33. The van der Waals surface area contributed by atoms with E-state index in [-0.39, 0.29) is 5.91 Å². The van der Waals surface area contributed by atoms with E-state index in [0.717, 1.165) is 47.2 Å². The van der Waals surface area contributed by atoms with Gasteiger partial charge in [0.1, 0.15) is 0 Å². The summed E-state index contributed by atoms with van der Waals surface area (Å²) >= 11 is 6.84. The molecule has 0 radical (unpaired) electrons. The maximum atomic E-state index is 12.0. The van der Waals surface area contributed by atoms with E-state index in [1.54, 1.807) is 0 Å². The number of hydrogen-bond acceptors (Lipinski definition) is 3. The average Bonchev–Trinajstić information content (AvgIpc) is 2.61. The van der Waals surface area contributed by atoms with Gasteiger partial charge in [-0.15, -0.1) is 0 Å². The number of nitrogens with one attached hydrogen (secondary N) is 2. The number of carbonyl (C=O) groups excluding carboxylic acids is 1. The third kappa shape index (κ3) is 4.87. The fourth-order valence-corrected chi connectivity index (χ4v) is 3.19. The van der Waals surface area contributed by atoms with E-state index in [1.165, 1.54) is 0 Å². The highest BCUT2D eigenvalue weighted by Gasteiger charge is 2.13. The molecule has 2 N–H and O–H groups in total. The number of anilines is 1. The van der Waals surface area contributed by atoms with Crippen molar-refractivity contribution in [2.24, 2.45) is 0 Å². The van der Waals surface area contributed by atoms with E-state index in [0.29, 0.717) is 6.54 Å². The first kappa shape index (κ1) is 15.0. The van der Waals surface area contributed by atoms with Crippen molar-refractivity contribution in [2.75, 3.05) is 38.0 Å². The maximum absolute atomic E-state index is 12.0. The second-order valence-electron chi connectivity index (χ2n) is 4.55. The molecular weight excluding hydrogens is 374 g/mol. The maximum Gasteiger partial charge on any atom is 0.238 e. The van der Waals surface area contributed by atoms with Crippen molar-refractivity contribution in [2.45, 2.75) is 6.42 Å². The predicted octanol–water partition coefficient (Wildman–Crippen LogP) is 2.45. The molecule has 1 aliphatic rings. The number of hydrogen-bond donors (Lipinski definition) is 2. The molecule has 19 heavy (non-hydrogen) atoms. The largest absolute Gasteiger partial charge is 0.324 e. The van der Waals surface area contributed by atoms with Gasteiger partial charge < -0.3 is 10.6 Å². The normalized spacial score (nSPS) is 16.9. The number of nitrogens with zero attached hydrogens (tertiary/aromatic N) is 1. The first-order chi connectivity index (χ1) is 9.15. The Labute approximate surface area is 130 Å². The zero-order valence-corrected chi connectivity index (χ0v) is 13.8. The molecule has 6 heteroatoms. The molecule has 1 amide bonds. The van der Waals surface area contributed by atoms with Crippen LogP contribution < -0.4 is 10.6 Å². The lowest BCUT2D eigenvalue weighted by Crippen LogP contribution is -2.35. The average molecular weight is 391 g/mol. The van der Waals surface area contributed by atoms with E-state index in [9.17, 15) is 4.79 Å². The van der Waals surface area contributed by atoms with Gasteiger partial charge in [-0.2, -0.15) is 0 Å². The minimum absolute atomic E-state index is 0.0323. The summed E-state index contributed by atoms with van der Waals surface area (Å²) in [6.07, 6.45) is 1.09. The second kappa shape index (κ2) is 7.38. The Balaban J connectivity index is 1.89. The van der Waals surface area contributed by atoms with Crippen LogP contribution in [0.4, 0.5) is 5.69 Å². The number of benzene rings is 1. The van der Waals surface area contributed by atoms with Gasteiger partial charge in [-0.05, 0) is 53.6 Å². The van der Waals surface area contributed by atoms with E-state index < -0.39 is 0 Å². The van der Waals surface area contributed by atoms with E-state index in [4.69, 9.17) is 0 Å². The van der Waals surface area contributed by atoms with Crippen LogP contribution in [0.3, 0.4) is 0 Å². The summed E-state index contributed by atoms with van der Waals surface area (Å²) in [6.45, 7) is 4.34. The molecule has 104 valence electrons. The van der Waals surface area contributed by atoms with Gasteiger partial charge in [-0.3, -0.25) is 9.69 Å². The smallest absolute Gasteiger partial charge is 0.238 e. The lowest BCUT2D eigenvalue weighted by Gasteiger charge is -2.19. The van der Waals surface area contributed by atoms with Crippen molar-refractivity contribution in [3.8, 4) is 0 Å². The van der Waals surface area contributed by atoms with Gasteiger partial charge >= 0.3 is 0 Å². The standard InChI is InChI=1S/C13H17Br2N3O/c14-10-2-3-12(11(15)8-10)17-13(19)9-18-6-1-4-16-5-7-18/h2-3,8,16H,1,4-7,9H2,(H,17,19). The first-order valence-corrected chi connectivity index (χ1v) is 7.92. The Morgan fingerprint density at radius 1 is 1.32 bits per heavy atom. The lowest BCUT2D eigenvalue weighted by atomic mass is 10.3. The van der Waals surface area contributed by atoms with Crippen LogP contribution >= 0.6 is 31.9 Å². The molecule has 1 fully saturated rings. The van der Waals surface area contributed by atoms with E-state index in [2.05, 4.69) is 47.4 Å². The molecule has 1 saturated heterocycles. The molecule has 4 nitrogen and oxygen atoms in total. The summed E-state index contributed by atoms with van der Waals surface area (Å²) in [7, 11) is 0. The van der Waals surface area contributed by atoms with Crippen molar-refractivity contribution >= 4 is 43.5 Å². The Morgan fingerprint density at radius 3 is 2.95 bits per heavy atom. The van der Waals surface area contributed by atoms with Gasteiger partial charge in [0.25, 0.3) is 0 Å². The number of carbonyl (C=O) groups is 1. The van der Waals surface area contributed by atoms with Crippen LogP contribution in [0, 0.1) is 0 Å². The molecule has 0 spiro atoms. The molecule has 2 rings (SSSR count). The molecule has 0 saturated carbocycles. The number of amides is 1. The number of halogens is 2. The minimum atomic E-state index is 0.0323. The van der Waals surface area contributed by atoms with Crippen molar-refractivity contribution in [1.29, 1.82) is 0 Å². The van der Waals surface area contributed by atoms with Gasteiger partial charge in [-0.25, -0.2) is 0 Å². The van der Waals surface area contributed by atoms with Crippen molar-refractivity contribution in [3.05, 3.63) is 27.1 Å². The van der Waals surface area contributed by atoms with Crippen LogP contribution in [0.5, 0.6) is 0 Å². The van der Waals surface area contributed by atoms with Crippen LogP contribution in [0.1, 0.15) is 6.42 Å². The quantitative estimate of drug-likeness (QED) is 0.833. The van der Waals surface area contributed by atoms with Crippen molar-refractivity contribution < 1.29 is 4.79 Å². The fraction of sp³-hybridized carbons (Fsp3) is 0.462. The molecule has 0 atom stereocenters. The monoisotopic (exact) mass is 389 g/mol. The van der Waals surface area contributed by atoms with Gasteiger partial charge in [0.05, 0.1) is 12.2 Å². The molecule has 0 aliphatic carbocycles. The molecule has 1 aliphatic heterocycles. The van der Waals surface area contributed by atoms with Crippen LogP contribution in [-0.4, -0.2) is 43.5 Å². The second-order valence-corrected chi connectivity index (χ2v) is 6.32. The van der Waals surface area contributed by atoms with E-state index >= 15 is 0 Å². The van der Waals surface area contributed by atoms with Crippen LogP contribution in [0.2, 0.25) is 0 Å². The SMILES string of the molecule is O=C(CN1CCCNCC1)Nc1ccc(Br)cc1Br. The van der Waals surface area contributed by atoms with Gasteiger partial charge in [0.15, 0.2) is 0 Å². The van der Waals surface area contributed by atoms with Crippen molar-refractivity contribution in [3.63, 3.8) is 0 Å². The predicted molar refractivity (Wildman–Crippen MR) is 84.4 cm³/mol. The molecule has 0 aromatic heterocycles. The summed E-state index contributed by atoms with van der Waals surface area (Å²) in [6, 6.07) is 5.72. The third-order valence-electron chi connectivity index (χ3n) is 3.01. The Hall–Kier alpha value is -0.430. The van der Waals surface area contributed by atoms with Gasteiger partial charge in [0.2, 0.25) is 5.91 Å². The minimum Gasteiger partial charge on any atom is -0.324 e. The zero-order valence-electron chi connectivity index (χ0n) is 10.6. The summed E-state index contributed by atoms with van der Waals surface area (Å²) in [4.78, 5) is 14.2. The van der Waals surface area contributed by atoms with Crippen LogP contribution in [0.25, 0.3) is 0 Å². The third-order valence-corrected chi connectivity index (χ3v) is 4.15. The molecule has 1 aromatic rings. The summed E-state index contributed by atoms with van der Waals surface area (Å²) < 4.78 is 1.86. The van der Waals surface area contributed by atoms with Gasteiger partial charge in [-0.1, -0.05) is 15.9 Å². The lowest BCUT2D eigenvalue weighted by molar-refractivity contribution is -0.117. The highest BCUT2D eigenvalue weighted by atomic mass is 79.9. The zero-order chi connectivity index (χ0) is 13.7. The Bertz CT molecular complexity index is 446.